The molecule has 6 aromatic carbocycles. The number of fused-ring (bicyclic) bond motifs is 6. The molecule has 1 heterocycles. The van der Waals surface area contributed by atoms with E-state index in [4.69, 9.17) is 0 Å². The Morgan fingerprint density at radius 3 is 1.93 bits per heavy atom. The summed E-state index contributed by atoms with van der Waals surface area (Å²) in [4.78, 5) is 2.27. The van der Waals surface area contributed by atoms with Crippen molar-refractivity contribution in [3.63, 3.8) is 0 Å². The summed E-state index contributed by atoms with van der Waals surface area (Å²) in [5, 5.41) is 2.57. The first-order chi connectivity index (χ1) is 19.7. The van der Waals surface area contributed by atoms with E-state index in [1.807, 2.05) is 0 Å². The van der Waals surface area contributed by atoms with Gasteiger partial charge in [0.25, 0.3) is 0 Å². The minimum atomic E-state index is 1.03. The highest BCUT2D eigenvalue weighted by Gasteiger charge is 2.18. The molecule has 0 saturated heterocycles. The van der Waals surface area contributed by atoms with Gasteiger partial charge in [0.2, 0.25) is 0 Å². The van der Waals surface area contributed by atoms with Crippen LogP contribution in [0, 0.1) is 0 Å². The van der Waals surface area contributed by atoms with E-state index in [9.17, 15) is 0 Å². The number of hydrogen-bond donors (Lipinski definition) is 0. The number of rotatable bonds is 4. The lowest BCUT2D eigenvalue weighted by molar-refractivity contribution is 1.16. The second-order valence-electron chi connectivity index (χ2n) is 10.7. The van der Waals surface area contributed by atoms with Crippen molar-refractivity contribution < 1.29 is 0 Å². The summed E-state index contributed by atoms with van der Waals surface area (Å²) in [6.45, 7) is 0. The van der Waals surface area contributed by atoms with Crippen molar-refractivity contribution in [3.05, 3.63) is 151 Å². The maximum atomic E-state index is 2.36. The van der Waals surface area contributed by atoms with Crippen LogP contribution in [0.5, 0.6) is 0 Å². The summed E-state index contributed by atoms with van der Waals surface area (Å²) in [5.41, 5.74) is 14.0. The van der Waals surface area contributed by atoms with E-state index in [1.165, 1.54) is 66.6 Å². The standard InChI is InChI=1S/C38H28N2/c1-39(30-19-21-31(22-20-30)40-37-15-6-4-13-34(37)35-14-5-7-16-38(35)40)32-11-8-10-26(24-32)27-17-18-29-23-28-9-2-3-12-33(28)36(29)25-27/h2-22,24-25H,23H2,1H3. The Morgan fingerprint density at radius 1 is 0.500 bits per heavy atom. The summed E-state index contributed by atoms with van der Waals surface area (Å²) in [6.07, 6.45) is 1.03. The Kier molecular flexibility index (Phi) is 5.14. The second kappa shape index (κ2) is 9.00. The van der Waals surface area contributed by atoms with Crippen LogP contribution in [0.2, 0.25) is 0 Å². The molecule has 2 heteroatoms. The third-order valence-electron chi connectivity index (χ3n) is 8.44. The van der Waals surface area contributed by atoms with E-state index >= 15 is 0 Å². The Balaban J connectivity index is 1.13. The van der Waals surface area contributed by atoms with Crippen LogP contribution in [0.15, 0.2) is 140 Å². The predicted octanol–water partition coefficient (Wildman–Crippen LogP) is 9.79. The van der Waals surface area contributed by atoms with E-state index in [-0.39, 0.29) is 0 Å². The molecule has 0 N–H and O–H groups in total. The van der Waals surface area contributed by atoms with Gasteiger partial charge in [-0.3, -0.25) is 0 Å². The lowest BCUT2D eigenvalue weighted by atomic mass is 9.98. The zero-order chi connectivity index (χ0) is 26.6. The normalized spacial score (nSPS) is 12.0. The third kappa shape index (κ3) is 3.57. The van der Waals surface area contributed by atoms with Crippen LogP contribution in [0.3, 0.4) is 0 Å². The van der Waals surface area contributed by atoms with Crippen molar-refractivity contribution in [2.75, 3.05) is 11.9 Å². The zero-order valence-corrected chi connectivity index (χ0v) is 22.4. The largest absolute Gasteiger partial charge is 0.345 e. The average Bonchev–Trinajstić information content (AvgIpc) is 3.56. The van der Waals surface area contributed by atoms with E-state index in [2.05, 4.69) is 156 Å². The first kappa shape index (κ1) is 22.9. The highest BCUT2D eigenvalue weighted by Crippen LogP contribution is 2.39. The molecule has 0 radical (unpaired) electrons. The molecular weight excluding hydrogens is 484 g/mol. The van der Waals surface area contributed by atoms with Crippen molar-refractivity contribution in [3.8, 4) is 27.9 Å². The number of hydrogen-bond acceptors (Lipinski definition) is 1. The molecule has 0 bridgehead atoms. The molecule has 1 aliphatic rings. The van der Waals surface area contributed by atoms with Crippen LogP contribution >= 0.6 is 0 Å². The molecule has 40 heavy (non-hydrogen) atoms. The van der Waals surface area contributed by atoms with Crippen molar-refractivity contribution in [2.24, 2.45) is 0 Å². The van der Waals surface area contributed by atoms with Gasteiger partial charge in [-0.25, -0.2) is 0 Å². The number of aromatic nitrogens is 1. The number of benzene rings is 6. The Morgan fingerprint density at radius 2 is 1.15 bits per heavy atom. The average molecular weight is 513 g/mol. The van der Waals surface area contributed by atoms with Gasteiger partial charge in [-0.1, -0.05) is 84.9 Å². The van der Waals surface area contributed by atoms with Crippen LogP contribution < -0.4 is 4.90 Å². The van der Waals surface area contributed by atoms with E-state index < -0.39 is 0 Å². The maximum Gasteiger partial charge on any atom is 0.0541 e. The number of nitrogens with zero attached hydrogens (tertiary/aromatic N) is 2. The molecule has 0 atom stereocenters. The van der Waals surface area contributed by atoms with Gasteiger partial charge in [0.1, 0.15) is 0 Å². The first-order valence-corrected chi connectivity index (χ1v) is 13.9. The van der Waals surface area contributed by atoms with E-state index in [1.54, 1.807) is 0 Å². The van der Waals surface area contributed by atoms with Crippen molar-refractivity contribution in [1.82, 2.24) is 4.57 Å². The molecule has 7 aromatic rings. The monoisotopic (exact) mass is 512 g/mol. The minimum absolute atomic E-state index is 1.03. The number of para-hydroxylation sites is 2. The zero-order valence-electron chi connectivity index (χ0n) is 22.4. The van der Waals surface area contributed by atoms with Crippen LogP contribution in [0.25, 0.3) is 49.7 Å². The van der Waals surface area contributed by atoms with Gasteiger partial charge in [-0.2, -0.15) is 0 Å². The van der Waals surface area contributed by atoms with Crippen LogP contribution in [0.1, 0.15) is 11.1 Å². The van der Waals surface area contributed by atoms with Crippen LogP contribution in [-0.2, 0) is 6.42 Å². The lowest BCUT2D eigenvalue weighted by Crippen LogP contribution is -2.09. The topological polar surface area (TPSA) is 8.17 Å². The van der Waals surface area contributed by atoms with Gasteiger partial charge < -0.3 is 9.47 Å². The summed E-state index contributed by atoms with van der Waals surface area (Å²) < 4.78 is 2.36. The second-order valence-corrected chi connectivity index (χ2v) is 10.7. The lowest BCUT2D eigenvalue weighted by Gasteiger charge is -2.21. The molecule has 0 fully saturated rings. The van der Waals surface area contributed by atoms with E-state index in [0.717, 1.165) is 12.1 Å². The molecule has 0 unspecified atom stereocenters. The van der Waals surface area contributed by atoms with Gasteiger partial charge in [0, 0.05) is 34.9 Å². The fourth-order valence-electron chi connectivity index (χ4n) is 6.37. The van der Waals surface area contributed by atoms with Crippen molar-refractivity contribution in [1.29, 1.82) is 0 Å². The quantitative estimate of drug-likeness (QED) is 0.228. The first-order valence-electron chi connectivity index (χ1n) is 13.9. The van der Waals surface area contributed by atoms with Crippen LogP contribution in [0.4, 0.5) is 11.4 Å². The summed E-state index contributed by atoms with van der Waals surface area (Å²) in [5.74, 6) is 0. The highest BCUT2D eigenvalue weighted by atomic mass is 15.1. The highest BCUT2D eigenvalue weighted by molar-refractivity contribution is 6.09. The fourth-order valence-corrected chi connectivity index (χ4v) is 6.37. The smallest absolute Gasteiger partial charge is 0.0541 e. The Labute approximate surface area is 234 Å². The van der Waals surface area contributed by atoms with Gasteiger partial charge in [0.15, 0.2) is 0 Å². The van der Waals surface area contributed by atoms with E-state index in [0.29, 0.717) is 0 Å². The molecule has 0 saturated carbocycles. The van der Waals surface area contributed by atoms with Crippen molar-refractivity contribution >= 4 is 33.2 Å². The van der Waals surface area contributed by atoms with Crippen molar-refractivity contribution in [2.45, 2.75) is 6.42 Å². The molecule has 0 spiro atoms. The SMILES string of the molecule is CN(c1ccc(-n2c3ccccc3c3ccccc32)cc1)c1cccc(-c2ccc3c(c2)-c2ccccc2C3)c1. The molecule has 2 nitrogen and oxygen atoms in total. The summed E-state index contributed by atoms with van der Waals surface area (Å²) >= 11 is 0. The predicted molar refractivity (Wildman–Crippen MR) is 169 cm³/mol. The molecule has 190 valence electrons. The Bertz CT molecular complexity index is 1990. The fraction of sp³-hybridized carbons (Fsp3) is 0.0526. The van der Waals surface area contributed by atoms with Gasteiger partial charge in [-0.15, -0.1) is 0 Å². The summed E-state index contributed by atoms with van der Waals surface area (Å²) in [6, 6.07) is 50.8. The van der Waals surface area contributed by atoms with Gasteiger partial charge >= 0.3 is 0 Å². The Hall–Kier alpha value is -5.08. The molecule has 1 aromatic heterocycles. The molecule has 0 amide bonds. The minimum Gasteiger partial charge on any atom is -0.345 e. The number of anilines is 2. The summed E-state index contributed by atoms with van der Waals surface area (Å²) in [7, 11) is 2.15. The van der Waals surface area contributed by atoms with Gasteiger partial charge in [-0.05, 0) is 94.4 Å². The molecule has 0 aliphatic heterocycles. The molecule has 1 aliphatic carbocycles. The molecule has 8 rings (SSSR count). The molecular formula is C38H28N2. The van der Waals surface area contributed by atoms with Gasteiger partial charge in [0.05, 0.1) is 11.0 Å². The van der Waals surface area contributed by atoms with Crippen LogP contribution in [-0.4, -0.2) is 11.6 Å². The third-order valence-corrected chi connectivity index (χ3v) is 8.44. The maximum absolute atomic E-state index is 2.36.